The highest BCUT2D eigenvalue weighted by Gasteiger charge is 2.66. The van der Waals surface area contributed by atoms with Crippen LogP contribution in [0.5, 0.6) is 0 Å². The maximum absolute atomic E-state index is 13.6. The van der Waals surface area contributed by atoms with Gasteiger partial charge in [-0.05, 0) is 33.6 Å². The second-order valence-electron chi connectivity index (χ2n) is 10.8. The normalized spacial score (nSPS) is 30.1. The molecule has 0 aromatic heterocycles. The predicted molar refractivity (Wildman–Crippen MR) is 124 cm³/mol. The van der Waals surface area contributed by atoms with Crippen LogP contribution >= 0.6 is 0 Å². The molecule has 0 bridgehead atoms. The average molecular weight is 437 g/mol. The Morgan fingerprint density at radius 2 is 1.55 bits per heavy atom. The van der Waals surface area contributed by atoms with Gasteiger partial charge in [0.15, 0.2) is 5.54 Å². The molecule has 1 N–H and O–H groups in total. The molecule has 4 amide bonds. The highest BCUT2D eigenvalue weighted by atomic mass is 16.2. The van der Waals surface area contributed by atoms with Crippen molar-refractivity contribution in [3.05, 3.63) is 0 Å². The van der Waals surface area contributed by atoms with Gasteiger partial charge in [-0.15, -0.1) is 0 Å². The van der Waals surface area contributed by atoms with E-state index in [4.69, 9.17) is 0 Å². The van der Waals surface area contributed by atoms with Crippen LogP contribution in [0.2, 0.25) is 0 Å². The van der Waals surface area contributed by atoms with Crippen LogP contribution < -0.4 is 5.32 Å². The zero-order valence-electron chi connectivity index (χ0n) is 20.9. The molecule has 6 nitrogen and oxygen atoms in total. The van der Waals surface area contributed by atoms with E-state index in [2.05, 4.69) is 12.2 Å². The number of carbonyl (C=O) groups is 3. The minimum absolute atomic E-state index is 0.0171. The van der Waals surface area contributed by atoms with Gasteiger partial charge in [-0.25, -0.2) is 9.59 Å². The summed E-state index contributed by atoms with van der Waals surface area (Å²) in [5, 5.41) is 3.09. The van der Waals surface area contributed by atoms with Crippen molar-refractivity contribution in [2.75, 3.05) is 13.6 Å². The number of hydrogen-bond acceptors (Lipinski definition) is 3. The zero-order chi connectivity index (χ0) is 23.3. The first-order chi connectivity index (χ1) is 14.5. The van der Waals surface area contributed by atoms with Crippen LogP contribution in [0.1, 0.15) is 112 Å². The minimum Gasteiger partial charge on any atom is -0.335 e. The van der Waals surface area contributed by atoms with E-state index in [1.165, 1.54) is 51.4 Å². The van der Waals surface area contributed by atoms with Crippen LogP contribution in [0.25, 0.3) is 0 Å². The molecule has 0 aromatic carbocycles. The summed E-state index contributed by atoms with van der Waals surface area (Å²) in [6, 6.07) is -0.269. The molecule has 2 saturated heterocycles. The van der Waals surface area contributed by atoms with Crippen molar-refractivity contribution in [1.82, 2.24) is 10.2 Å². The van der Waals surface area contributed by atoms with E-state index in [9.17, 15) is 14.4 Å². The number of imide groups is 1. The molecule has 2 aliphatic rings. The topological polar surface area (TPSA) is 66.5 Å². The van der Waals surface area contributed by atoms with Gasteiger partial charge < -0.3 is 4.90 Å². The summed E-state index contributed by atoms with van der Waals surface area (Å²) in [4.78, 5) is 40.6. The van der Waals surface area contributed by atoms with Crippen LogP contribution in [-0.2, 0) is 9.59 Å². The number of rotatable bonds is 11. The Labute approximate surface area is 189 Å². The van der Waals surface area contributed by atoms with Gasteiger partial charge in [0.2, 0.25) is 5.91 Å². The van der Waals surface area contributed by atoms with Gasteiger partial charge in [0.1, 0.15) is 0 Å². The fraction of sp³-hybridized carbons (Fsp3) is 0.880. The first kappa shape index (κ1) is 25.8. The average Bonchev–Trinajstić information content (AvgIpc) is 2.82. The standard InChI is InChI=1S/C25H45N3O3/c1-7-8-9-10-11-12-13-14-15-16-17-28(6)22(30)25(26-23(28)31)18-20(2)27(21(3)29)24(4,5)19-25/h20H,7-19H2,1-6H3/p+1. The second kappa shape index (κ2) is 10.5. The number of piperidine rings is 1. The Bertz CT molecular complexity index is 662. The lowest BCUT2D eigenvalue weighted by molar-refractivity contribution is -0.746. The summed E-state index contributed by atoms with van der Waals surface area (Å²) < 4.78 is -0.153. The molecular formula is C25H46N3O3+. The van der Waals surface area contributed by atoms with Crippen molar-refractivity contribution in [2.24, 2.45) is 0 Å². The van der Waals surface area contributed by atoms with E-state index < -0.39 is 11.1 Å². The number of carbonyl (C=O) groups excluding carboxylic acids is 3. The molecule has 0 saturated carbocycles. The van der Waals surface area contributed by atoms with E-state index in [1.807, 2.05) is 25.7 Å². The van der Waals surface area contributed by atoms with Gasteiger partial charge >= 0.3 is 11.9 Å². The number of quaternary nitrogens is 1. The summed E-state index contributed by atoms with van der Waals surface area (Å²) in [5.74, 6) is 0.00305. The van der Waals surface area contributed by atoms with Crippen molar-refractivity contribution in [1.29, 1.82) is 0 Å². The maximum Gasteiger partial charge on any atom is 0.424 e. The number of unbranched alkanes of at least 4 members (excludes halogenated alkanes) is 9. The van der Waals surface area contributed by atoms with Crippen LogP contribution in [0.3, 0.4) is 0 Å². The molecule has 0 aromatic rings. The quantitative estimate of drug-likeness (QED) is 0.277. The monoisotopic (exact) mass is 436 g/mol. The van der Waals surface area contributed by atoms with E-state index in [0.29, 0.717) is 19.4 Å². The number of nitrogens with zero attached hydrogens (tertiary/aromatic N) is 2. The molecule has 0 radical (unpaired) electrons. The number of nitrogens with one attached hydrogen (secondary N) is 1. The van der Waals surface area contributed by atoms with Crippen LogP contribution in [0.15, 0.2) is 0 Å². The van der Waals surface area contributed by atoms with E-state index in [1.54, 1.807) is 14.0 Å². The van der Waals surface area contributed by atoms with Crippen molar-refractivity contribution in [3.63, 3.8) is 0 Å². The molecule has 2 fully saturated rings. The SMILES string of the molecule is CCCCCCCCCCCC[N+]1(C)C(=O)NC2(CC(C)N(C(C)=O)C(C)(C)C2)C1=O. The Kier molecular flexibility index (Phi) is 8.71. The van der Waals surface area contributed by atoms with Gasteiger partial charge in [-0.1, -0.05) is 58.3 Å². The molecular weight excluding hydrogens is 390 g/mol. The lowest BCUT2D eigenvalue weighted by Gasteiger charge is -2.51. The number of hydrogen-bond donors (Lipinski definition) is 1. The van der Waals surface area contributed by atoms with E-state index >= 15 is 0 Å². The molecule has 2 heterocycles. The molecule has 3 unspecified atom stereocenters. The summed E-state index contributed by atoms with van der Waals surface area (Å²) in [7, 11) is 1.77. The van der Waals surface area contributed by atoms with Crippen molar-refractivity contribution >= 4 is 17.8 Å². The number of likely N-dealkylation sites (tertiary alicyclic amines) is 1. The predicted octanol–water partition coefficient (Wildman–Crippen LogP) is 5.15. The first-order valence-electron chi connectivity index (χ1n) is 12.5. The smallest absolute Gasteiger partial charge is 0.335 e. The summed E-state index contributed by atoms with van der Waals surface area (Å²) in [6.45, 7) is 10.4. The number of amides is 4. The fourth-order valence-corrected chi connectivity index (χ4v) is 6.15. The second-order valence-corrected chi connectivity index (χ2v) is 10.8. The highest BCUT2D eigenvalue weighted by molar-refractivity contribution is 5.98. The van der Waals surface area contributed by atoms with Gasteiger partial charge in [-0.2, -0.15) is 4.48 Å². The zero-order valence-corrected chi connectivity index (χ0v) is 20.9. The number of urea groups is 1. The molecule has 3 atom stereocenters. The van der Waals surface area contributed by atoms with Crippen molar-refractivity contribution < 1.29 is 18.9 Å². The molecule has 178 valence electrons. The van der Waals surface area contributed by atoms with Crippen LogP contribution in [0.4, 0.5) is 4.79 Å². The molecule has 2 aliphatic heterocycles. The first-order valence-corrected chi connectivity index (χ1v) is 12.5. The fourth-order valence-electron chi connectivity index (χ4n) is 6.15. The molecule has 2 rings (SSSR count). The lowest BCUT2D eigenvalue weighted by atomic mass is 9.73. The summed E-state index contributed by atoms with van der Waals surface area (Å²) in [6.07, 6.45) is 13.3. The number of likely N-dealkylation sites (N-methyl/N-ethyl adjacent to an activating group) is 1. The van der Waals surface area contributed by atoms with Gasteiger partial charge in [0.05, 0.1) is 13.6 Å². The Morgan fingerprint density at radius 3 is 2.03 bits per heavy atom. The van der Waals surface area contributed by atoms with Crippen molar-refractivity contribution in [2.45, 2.75) is 129 Å². The molecule has 1 spiro atoms. The van der Waals surface area contributed by atoms with Gasteiger partial charge in [0.25, 0.3) is 0 Å². The largest absolute Gasteiger partial charge is 0.424 e. The van der Waals surface area contributed by atoms with Crippen LogP contribution in [-0.4, -0.2) is 57.9 Å². The Morgan fingerprint density at radius 1 is 1.03 bits per heavy atom. The van der Waals surface area contributed by atoms with E-state index in [-0.39, 0.29) is 28.4 Å². The van der Waals surface area contributed by atoms with Gasteiger partial charge in [0, 0.05) is 31.3 Å². The Hall–Kier alpha value is -1.43. The summed E-state index contributed by atoms with van der Waals surface area (Å²) in [5.41, 5.74) is -1.34. The molecule has 6 heteroatoms. The Balaban J connectivity index is 1.87. The molecule has 0 aliphatic carbocycles. The van der Waals surface area contributed by atoms with E-state index in [0.717, 1.165) is 12.8 Å². The third-order valence-electron chi connectivity index (χ3n) is 7.42. The molecule has 31 heavy (non-hydrogen) atoms. The van der Waals surface area contributed by atoms with Gasteiger partial charge in [-0.3, -0.25) is 10.1 Å². The third kappa shape index (κ3) is 5.68. The third-order valence-corrected chi connectivity index (χ3v) is 7.42. The summed E-state index contributed by atoms with van der Waals surface area (Å²) >= 11 is 0. The minimum atomic E-state index is -0.862. The highest BCUT2D eigenvalue weighted by Crippen LogP contribution is 2.42. The maximum atomic E-state index is 13.6. The van der Waals surface area contributed by atoms with Crippen LogP contribution in [0, 0.1) is 0 Å². The van der Waals surface area contributed by atoms with Crippen molar-refractivity contribution in [3.8, 4) is 0 Å². The lowest BCUT2D eigenvalue weighted by Crippen LogP contribution is -2.67.